The van der Waals surface area contributed by atoms with E-state index < -0.39 is 0 Å². The van der Waals surface area contributed by atoms with Gasteiger partial charge >= 0.3 is 0 Å². The second kappa shape index (κ2) is 4.40. The lowest BCUT2D eigenvalue weighted by Crippen LogP contribution is -1.68. The molecule has 14 heavy (non-hydrogen) atoms. The molecule has 2 heterocycles. The van der Waals surface area contributed by atoms with E-state index in [1.165, 1.54) is 15.3 Å². The predicted octanol–water partition coefficient (Wildman–Crippen LogP) is 4.68. The van der Waals surface area contributed by atoms with E-state index in [0.29, 0.717) is 0 Å². The van der Waals surface area contributed by atoms with Gasteiger partial charge in [-0.3, -0.25) is 0 Å². The molecule has 0 aliphatic carbocycles. The largest absolute Gasteiger partial charge is 0.143 e. The van der Waals surface area contributed by atoms with E-state index >= 15 is 0 Å². The molecule has 70 valence electrons. The lowest BCUT2D eigenvalue weighted by molar-refractivity contribution is 1.84. The van der Waals surface area contributed by atoms with E-state index in [4.69, 9.17) is 0 Å². The highest BCUT2D eigenvalue weighted by atomic mass is 32.1. The minimum absolute atomic E-state index is 1.28. The Bertz CT molecular complexity index is 433. The Morgan fingerprint density at radius 1 is 1.14 bits per heavy atom. The van der Waals surface area contributed by atoms with E-state index in [1.54, 1.807) is 28.7 Å². The molecule has 0 fully saturated rings. The summed E-state index contributed by atoms with van der Waals surface area (Å²) in [7, 11) is 0. The van der Waals surface area contributed by atoms with Crippen molar-refractivity contribution < 1.29 is 0 Å². The summed E-state index contributed by atoms with van der Waals surface area (Å²) in [5.74, 6) is 0. The Morgan fingerprint density at radius 2 is 2.07 bits per heavy atom. The molecule has 0 N–H and O–H groups in total. The maximum absolute atomic E-state index is 3.67. The summed E-state index contributed by atoms with van der Waals surface area (Å²) < 4.78 is 0. The third kappa shape index (κ3) is 1.86. The molecule has 0 saturated carbocycles. The molecule has 0 bridgehead atoms. The smallest absolute Gasteiger partial charge is 0.0514 e. The van der Waals surface area contributed by atoms with Crippen LogP contribution in [-0.2, 0) is 0 Å². The van der Waals surface area contributed by atoms with Crippen LogP contribution in [0.2, 0.25) is 0 Å². The number of allylic oxidation sites excluding steroid dienone is 2. The number of hydrogen-bond acceptors (Lipinski definition) is 2. The normalized spacial score (nSPS) is 10.9. The average molecular weight is 218 g/mol. The number of thiophene rings is 2. The molecular weight excluding hydrogens is 208 g/mol. The van der Waals surface area contributed by atoms with Crippen LogP contribution >= 0.6 is 22.7 Å². The summed E-state index contributed by atoms with van der Waals surface area (Å²) in [5.41, 5.74) is 1.28. The summed E-state index contributed by atoms with van der Waals surface area (Å²) in [4.78, 5) is 2.68. The van der Waals surface area contributed by atoms with Gasteiger partial charge < -0.3 is 0 Å². The zero-order valence-electron chi connectivity index (χ0n) is 7.64. The van der Waals surface area contributed by atoms with Gasteiger partial charge in [-0.2, -0.15) is 0 Å². The molecule has 0 saturated heterocycles. The van der Waals surface area contributed by atoms with Crippen molar-refractivity contribution in [2.75, 3.05) is 0 Å². The molecule has 0 nitrogen and oxygen atoms in total. The Hall–Kier alpha value is -1.12. The fourth-order valence-electron chi connectivity index (χ4n) is 1.23. The molecule has 0 aliphatic heterocycles. The monoisotopic (exact) mass is 218 g/mol. The van der Waals surface area contributed by atoms with Crippen molar-refractivity contribution >= 4 is 28.7 Å². The van der Waals surface area contributed by atoms with Crippen LogP contribution < -0.4 is 0 Å². The topological polar surface area (TPSA) is 0 Å². The highest BCUT2D eigenvalue weighted by Crippen LogP contribution is 2.33. The Balaban J connectivity index is 2.39. The minimum atomic E-state index is 1.28. The average Bonchev–Trinajstić information content (AvgIpc) is 2.84. The highest BCUT2D eigenvalue weighted by molar-refractivity contribution is 7.20. The summed E-state index contributed by atoms with van der Waals surface area (Å²) in [6, 6.07) is 6.38. The van der Waals surface area contributed by atoms with Gasteiger partial charge in [0.15, 0.2) is 0 Å². The maximum atomic E-state index is 3.67. The number of rotatable bonds is 3. The van der Waals surface area contributed by atoms with Crippen LogP contribution in [0.15, 0.2) is 47.7 Å². The molecule has 0 aliphatic rings. The Kier molecular flexibility index (Phi) is 2.96. The lowest BCUT2D eigenvalue weighted by Gasteiger charge is -1.93. The Morgan fingerprint density at radius 3 is 2.79 bits per heavy atom. The molecule has 2 aromatic rings. The third-order valence-corrected chi connectivity index (χ3v) is 3.83. The van der Waals surface area contributed by atoms with Crippen LogP contribution in [0.3, 0.4) is 0 Å². The molecule has 0 spiro atoms. The summed E-state index contributed by atoms with van der Waals surface area (Å²) in [6.45, 7) is 3.67. The van der Waals surface area contributed by atoms with Crippen LogP contribution in [0.5, 0.6) is 0 Å². The second-order valence-electron chi connectivity index (χ2n) is 2.78. The van der Waals surface area contributed by atoms with Crippen molar-refractivity contribution in [1.82, 2.24) is 0 Å². The van der Waals surface area contributed by atoms with Gasteiger partial charge in [0.25, 0.3) is 0 Å². The van der Waals surface area contributed by atoms with Gasteiger partial charge in [0.05, 0.1) is 4.88 Å². The first-order valence-corrected chi connectivity index (χ1v) is 6.08. The van der Waals surface area contributed by atoms with E-state index in [-0.39, 0.29) is 0 Å². The number of hydrogen-bond donors (Lipinski definition) is 0. The van der Waals surface area contributed by atoms with Gasteiger partial charge in [0.2, 0.25) is 0 Å². The van der Waals surface area contributed by atoms with E-state index in [1.807, 2.05) is 6.08 Å². The van der Waals surface area contributed by atoms with Crippen molar-refractivity contribution in [3.05, 3.63) is 53.3 Å². The molecular formula is C12H10S2. The van der Waals surface area contributed by atoms with E-state index in [9.17, 15) is 0 Å². The first-order chi connectivity index (χ1) is 6.92. The SMILES string of the molecule is C=CC=Cc1ccsc1-c1cccs1. The molecule has 0 unspecified atom stereocenters. The van der Waals surface area contributed by atoms with Gasteiger partial charge in [-0.1, -0.05) is 30.9 Å². The van der Waals surface area contributed by atoms with Crippen molar-refractivity contribution in [3.8, 4) is 9.75 Å². The second-order valence-corrected chi connectivity index (χ2v) is 4.64. The van der Waals surface area contributed by atoms with Crippen molar-refractivity contribution in [1.29, 1.82) is 0 Å². The minimum Gasteiger partial charge on any atom is -0.143 e. The summed E-state index contributed by atoms with van der Waals surface area (Å²) in [5, 5.41) is 4.23. The summed E-state index contributed by atoms with van der Waals surface area (Å²) in [6.07, 6.45) is 5.87. The van der Waals surface area contributed by atoms with Crippen LogP contribution in [0.4, 0.5) is 0 Å². The highest BCUT2D eigenvalue weighted by Gasteiger charge is 2.04. The van der Waals surface area contributed by atoms with E-state index in [0.717, 1.165) is 0 Å². The van der Waals surface area contributed by atoms with Crippen LogP contribution in [0.1, 0.15) is 5.56 Å². The predicted molar refractivity (Wildman–Crippen MR) is 66.9 cm³/mol. The standard InChI is InChI=1S/C12H10S2/c1-2-3-5-10-7-9-14-12(10)11-6-4-8-13-11/h2-9H,1H2. The molecule has 0 atom stereocenters. The Labute approximate surface area is 91.8 Å². The van der Waals surface area contributed by atoms with Gasteiger partial charge in [0, 0.05) is 4.88 Å². The van der Waals surface area contributed by atoms with Crippen molar-refractivity contribution in [2.24, 2.45) is 0 Å². The summed E-state index contributed by atoms with van der Waals surface area (Å²) >= 11 is 3.56. The first kappa shape index (κ1) is 9.44. The van der Waals surface area contributed by atoms with Crippen LogP contribution in [0.25, 0.3) is 15.8 Å². The molecule has 2 heteroatoms. The molecule has 2 aromatic heterocycles. The zero-order chi connectivity index (χ0) is 9.80. The van der Waals surface area contributed by atoms with Gasteiger partial charge in [-0.05, 0) is 28.5 Å². The molecule has 2 rings (SSSR count). The van der Waals surface area contributed by atoms with Gasteiger partial charge in [0.1, 0.15) is 0 Å². The van der Waals surface area contributed by atoms with Gasteiger partial charge in [-0.25, -0.2) is 0 Å². The van der Waals surface area contributed by atoms with Gasteiger partial charge in [-0.15, -0.1) is 22.7 Å². The fourth-order valence-corrected chi connectivity index (χ4v) is 3.01. The fraction of sp³-hybridized carbons (Fsp3) is 0. The van der Waals surface area contributed by atoms with Crippen LogP contribution in [-0.4, -0.2) is 0 Å². The molecule has 0 radical (unpaired) electrons. The van der Waals surface area contributed by atoms with Crippen LogP contribution in [0, 0.1) is 0 Å². The quantitative estimate of drug-likeness (QED) is 0.656. The third-order valence-electron chi connectivity index (χ3n) is 1.85. The van der Waals surface area contributed by atoms with Crippen molar-refractivity contribution in [3.63, 3.8) is 0 Å². The molecule has 0 aromatic carbocycles. The first-order valence-electron chi connectivity index (χ1n) is 4.32. The molecule has 0 amide bonds. The lowest BCUT2D eigenvalue weighted by atomic mass is 10.2. The van der Waals surface area contributed by atoms with E-state index in [2.05, 4.69) is 41.6 Å². The maximum Gasteiger partial charge on any atom is 0.0514 e. The van der Waals surface area contributed by atoms with Crippen molar-refractivity contribution in [2.45, 2.75) is 0 Å². The zero-order valence-corrected chi connectivity index (χ0v) is 9.28.